The molecule has 0 spiro atoms. The number of piperidine rings is 1. The van der Waals surface area contributed by atoms with E-state index in [2.05, 4.69) is 25.7 Å². The number of rotatable bonds is 6. The first-order valence-electron chi connectivity index (χ1n) is 8.02. The highest BCUT2D eigenvalue weighted by molar-refractivity contribution is 7.90. The van der Waals surface area contributed by atoms with Crippen molar-refractivity contribution in [1.82, 2.24) is 25.1 Å². The SMILES string of the molecule is CS(=O)(=O)CCN1CCC(Nc2nnnn2-c2ccccc2)CC1. The monoisotopic (exact) mass is 350 g/mol. The summed E-state index contributed by atoms with van der Waals surface area (Å²) in [5, 5.41) is 15.3. The second-order valence-electron chi connectivity index (χ2n) is 6.14. The zero-order valence-electron chi connectivity index (χ0n) is 13.7. The van der Waals surface area contributed by atoms with Crippen molar-refractivity contribution < 1.29 is 8.42 Å². The Morgan fingerprint density at radius 2 is 1.92 bits per heavy atom. The van der Waals surface area contributed by atoms with Crippen molar-refractivity contribution in [3.8, 4) is 5.69 Å². The number of benzene rings is 1. The molecular weight excluding hydrogens is 328 g/mol. The summed E-state index contributed by atoms with van der Waals surface area (Å²) < 4.78 is 24.2. The summed E-state index contributed by atoms with van der Waals surface area (Å²) in [6.07, 6.45) is 3.15. The summed E-state index contributed by atoms with van der Waals surface area (Å²) in [6.45, 7) is 2.35. The first-order valence-corrected chi connectivity index (χ1v) is 10.1. The second kappa shape index (κ2) is 7.27. The molecule has 1 saturated heterocycles. The third-order valence-electron chi connectivity index (χ3n) is 4.17. The normalized spacial score (nSPS) is 17.0. The summed E-state index contributed by atoms with van der Waals surface area (Å²) in [4.78, 5) is 2.19. The maximum atomic E-state index is 11.3. The lowest BCUT2D eigenvalue weighted by Crippen LogP contribution is -2.41. The Morgan fingerprint density at radius 3 is 2.58 bits per heavy atom. The molecule has 1 N–H and O–H groups in total. The minimum Gasteiger partial charge on any atom is -0.350 e. The number of nitrogens with one attached hydrogen (secondary N) is 1. The van der Waals surface area contributed by atoms with E-state index in [9.17, 15) is 8.42 Å². The van der Waals surface area contributed by atoms with Crippen LogP contribution in [0.15, 0.2) is 30.3 Å². The van der Waals surface area contributed by atoms with E-state index in [0.717, 1.165) is 31.6 Å². The molecule has 0 amide bonds. The fourth-order valence-corrected chi connectivity index (χ4v) is 3.39. The van der Waals surface area contributed by atoms with E-state index < -0.39 is 9.84 Å². The van der Waals surface area contributed by atoms with Crippen LogP contribution in [0.1, 0.15) is 12.8 Å². The molecule has 2 aromatic rings. The molecule has 8 nitrogen and oxygen atoms in total. The lowest BCUT2D eigenvalue weighted by Gasteiger charge is -2.32. The van der Waals surface area contributed by atoms with Crippen LogP contribution in [-0.2, 0) is 9.84 Å². The van der Waals surface area contributed by atoms with Crippen molar-refractivity contribution >= 4 is 15.8 Å². The fraction of sp³-hybridized carbons (Fsp3) is 0.533. The Morgan fingerprint density at radius 1 is 1.21 bits per heavy atom. The van der Waals surface area contributed by atoms with Gasteiger partial charge < -0.3 is 10.2 Å². The zero-order chi connectivity index (χ0) is 17.0. The van der Waals surface area contributed by atoms with Crippen LogP contribution in [-0.4, -0.2) is 71.2 Å². The summed E-state index contributed by atoms with van der Waals surface area (Å²) >= 11 is 0. The van der Waals surface area contributed by atoms with E-state index in [4.69, 9.17) is 0 Å². The molecule has 0 bridgehead atoms. The summed E-state index contributed by atoms with van der Waals surface area (Å²) in [7, 11) is -2.90. The van der Waals surface area contributed by atoms with Crippen LogP contribution >= 0.6 is 0 Å². The van der Waals surface area contributed by atoms with Crippen molar-refractivity contribution in [2.24, 2.45) is 0 Å². The fourth-order valence-electron chi connectivity index (χ4n) is 2.80. The highest BCUT2D eigenvalue weighted by Gasteiger charge is 2.21. The molecule has 1 aromatic carbocycles. The molecule has 1 fully saturated rings. The number of anilines is 1. The maximum absolute atomic E-state index is 11.3. The Labute approximate surface area is 141 Å². The highest BCUT2D eigenvalue weighted by atomic mass is 32.2. The van der Waals surface area contributed by atoms with E-state index in [0.29, 0.717) is 12.5 Å². The predicted molar refractivity (Wildman–Crippen MR) is 91.9 cm³/mol. The standard InChI is InChI=1S/C15H22N6O2S/c1-24(22,23)12-11-20-9-7-13(8-10-20)16-15-17-18-19-21(15)14-5-3-2-4-6-14/h2-6,13H,7-12H2,1H3,(H,16,17,19). The molecule has 130 valence electrons. The van der Waals surface area contributed by atoms with E-state index in [-0.39, 0.29) is 11.8 Å². The molecule has 2 heterocycles. The number of hydrogen-bond acceptors (Lipinski definition) is 7. The number of likely N-dealkylation sites (tertiary alicyclic amines) is 1. The van der Waals surface area contributed by atoms with Crippen molar-refractivity contribution in [3.05, 3.63) is 30.3 Å². The van der Waals surface area contributed by atoms with Crippen molar-refractivity contribution in [2.45, 2.75) is 18.9 Å². The molecule has 24 heavy (non-hydrogen) atoms. The summed E-state index contributed by atoms with van der Waals surface area (Å²) in [5.74, 6) is 0.855. The van der Waals surface area contributed by atoms with Crippen molar-refractivity contribution in [2.75, 3.05) is 37.0 Å². The van der Waals surface area contributed by atoms with Crippen LogP contribution in [0.2, 0.25) is 0 Å². The average molecular weight is 350 g/mol. The third kappa shape index (κ3) is 4.51. The maximum Gasteiger partial charge on any atom is 0.247 e. The smallest absolute Gasteiger partial charge is 0.247 e. The van der Waals surface area contributed by atoms with E-state index in [1.807, 2.05) is 30.3 Å². The highest BCUT2D eigenvalue weighted by Crippen LogP contribution is 2.17. The molecule has 0 aliphatic carbocycles. The van der Waals surface area contributed by atoms with Crippen LogP contribution in [0.4, 0.5) is 5.95 Å². The largest absolute Gasteiger partial charge is 0.350 e. The van der Waals surface area contributed by atoms with E-state index in [1.54, 1.807) is 4.68 Å². The number of aromatic nitrogens is 4. The van der Waals surface area contributed by atoms with Gasteiger partial charge in [-0.2, -0.15) is 4.68 Å². The third-order valence-corrected chi connectivity index (χ3v) is 5.09. The van der Waals surface area contributed by atoms with Gasteiger partial charge in [-0.1, -0.05) is 23.3 Å². The van der Waals surface area contributed by atoms with Crippen LogP contribution in [0, 0.1) is 0 Å². The Kier molecular flexibility index (Phi) is 5.10. The molecule has 0 saturated carbocycles. The van der Waals surface area contributed by atoms with Gasteiger partial charge in [0.15, 0.2) is 0 Å². The Balaban J connectivity index is 1.55. The molecule has 1 aliphatic rings. The first kappa shape index (κ1) is 16.8. The van der Waals surface area contributed by atoms with Gasteiger partial charge in [-0.25, -0.2) is 8.42 Å². The van der Waals surface area contributed by atoms with Gasteiger partial charge in [-0.15, -0.1) is 0 Å². The topological polar surface area (TPSA) is 93.0 Å². The summed E-state index contributed by atoms with van der Waals surface area (Å²) in [5.41, 5.74) is 0.913. The van der Waals surface area contributed by atoms with Crippen LogP contribution in [0.25, 0.3) is 5.69 Å². The minimum atomic E-state index is -2.90. The molecule has 0 radical (unpaired) electrons. The van der Waals surface area contributed by atoms with Crippen LogP contribution in [0.5, 0.6) is 0 Å². The number of sulfone groups is 1. The molecule has 1 aromatic heterocycles. The number of para-hydroxylation sites is 1. The van der Waals surface area contributed by atoms with Crippen LogP contribution < -0.4 is 5.32 Å². The van der Waals surface area contributed by atoms with Gasteiger partial charge in [0, 0.05) is 31.9 Å². The number of tetrazole rings is 1. The van der Waals surface area contributed by atoms with Crippen molar-refractivity contribution in [1.29, 1.82) is 0 Å². The molecular formula is C15H22N6O2S. The zero-order valence-corrected chi connectivity index (χ0v) is 14.5. The van der Waals surface area contributed by atoms with Crippen molar-refractivity contribution in [3.63, 3.8) is 0 Å². The Bertz CT molecular complexity index is 753. The first-order chi connectivity index (χ1) is 11.5. The van der Waals surface area contributed by atoms with Gasteiger partial charge in [0.25, 0.3) is 0 Å². The Hall–Kier alpha value is -2.00. The molecule has 1 aliphatic heterocycles. The quantitative estimate of drug-likeness (QED) is 0.815. The lowest BCUT2D eigenvalue weighted by molar-refractivity contribution is 0.230. The number of hydrogen-bond donors (Lipinski definition) is 1. The van der Waals surface area contributed by atoms with Gasteiger partial charge in [0.1, 0.15) is 9.84 Å². The lowest BCUT2D eigenvalue weighted by atomic mass is 10.1. The average Bonchev–Trinajstić information content (AvgIpc) is 3.02. The molecule has 0 atom stereocenters. The minimum absolute atomic E-state index is 0.220. The van der Waals surface area contributed by atoms with Crippen LogP contribution in [0.3, 0.4) is 0 Å². The van der Waals surface area contributed by atoms with Gasteiger partial charge in [-0.3, -0.25) is 0 Å². The second-order valence-corrected chi connectivity index (χ2v) is 8.40. The van der Waals surface area contributed by atoms with Gasteiger partial charge in [-0.05, 0) is 35.4 Å². The molecule has 0 unspecified atom stereocenters. The van der Waals surface area contributed by atoms with Gasteiger partial charge in [0.2, 0.25) is 5.95 Å². The number of nitrogens with zero attached hydrogens (tertiary/aromatic N) is 5. The van der Waals surface area contributed by atoms with E-state index in [1.165, 1.54) is 6.26 Å². The molecule has 9 heteroatoms. The predicted octanol–water partition coefficient (Wildman–Crippen LogP) is 0.583. The molecule has 3 rings (SSSR count). The van der Waals surface area contributed by atoms with E-state index >= 15 is 0 Å². The summed E-state index contributed by atoms with van der Waals surface area (Å²) in [6, 6.07) is 10.0. The van der Waals surface area contributed by atoms with Gasteiger partial charge in [0.05, 0.1) is 11.4 Å². The van der Waals surface area contributed by atoms with Gasteiger partial charge >= 0.3 is 0 Å².